The highest BCUT2D eigenvalue weighted by Crippen LogP contribution is 2.28. The highest BCUT2D eigenvalue weighted by atomic mass is 35.5. The van der Waals surface area contributed by atoms with Crippen LogP contribution in [0, 0.1) is 0 Å². The van der Waals surface area contributed by atoms with Crippen molar-refractivity contribution >= 4 is 35.1 Å². The van der Waals surface area contributed by atoms with E-state index in [0.29, 0.717) is 28.0 Å². The summed E-state index contributed by atoms with van der Waals surface area (Å²) >= 11 is 12.0. The minimum absolute atomic E-state index is 0.0414. The van der Waals surface area contributed by atoms with E-state index in [2.05, 4.69) is 10.2 Å². The second-order valence-electron chi connectivity index (χ2n) is 11.9. The monoisotopic (exact) mass is 787 g/mol. The van der Waals surface area contributed by atoms with Crippen LogP contribution in [0.3, 0.4) is 0 Å². The molecular weight excluding hydrogens is 745 g/mol. The quantitative estimate of drug-likeness (QED) is 0.0823. The zero-order valence-corrected chi connectivity index (χ0v) is 32.4. The molecule has 288 valence electrons. The first-order valence-electron chi connectivity index (χ1n) is 17.2. The standard InChI is InChI=1S/C20H20ClN3O3.C19H17ClN2O3.C2H6O/c1-23(26)20(25)12-7-16-13-19(14-3-5-15(21)6-4-14)24(22-16)17-8-10-18(27-2)11-9-17;1-25-17-9-7-16(8-10-17)22-18(13-2-4-14(20)5-3-13)12-15(21-22)6-11-19(23)24;1-2-3/h3-6,8-11,13,26H,7,12H2,1-2H3;2-5,7-10,12H,6,11H2,1H3,(H,23,24);3H,2H2,1H3. The van der Waals surface area contributed by atoms with Gasteiger partial charge in [-0.2, -0.15) is 10.2 Å². The molecule has 0 saturated carbocycles. The van der Waals surface area contributed by atoms with Crippen molar-refractivity contribution in [2.24, 2.45) is 0 Å². The van der Waals surface area contributed by atoms with Gasteiger partial charge in [0, 0.05) is 54.1 Å². The fourth-order valence-electron chi connectivity index (χ4n) is 5.23. The second kappa shape index (κ2) is 20.7. The zero-order chi connectivity index (χ0) is 39.9. The SMILES string of the molecule is CCO.COc1ccc(-n2nc(CCC(=O)N(C)O)cc2-c2ccc(Cl)cc2)cc1.COc1ccc(-n2nc(CCC(=O)O)cc2-c2ccc(Cl)cc2)cc1. The van der Waals surface area contributed by atoms with Gasteiger partial charge in [0.1, 0.15) is 11.5 Å². The Morgan fingerprint density at radius 1 is 0.673 bits per heavy atom. The van der Waals surface area contributed by atoms with E-state index in [9.17, 15) is 14.8 Å². The van der Waals surface area contributed by atoms with Crippen LogP contribution in [0.5, 0.6) is 11.5 Å². The van der Waals surface area contributed by atoms with Crippen molar-refractivity contribution in [1.29, 1.82) is 0 Å². The van der Waals surface area contributed by atoms with Gasteiger partial charge in [0.05, 0.1) is 54.8 Å². The highest BCUT2D eigenvalue weighted by Gasteiger charge is 2.15. The lowest BCUT2D eigenvalue weighted by atomic mass is 10.1. The van der Waals surface area contributed by atoms with Gasteiger partial charge in [0.25, 0.3) is 0 Å². The number of aryl methyl sites for hydroxylation is 2. The normalized spacial score (nSPS) is 10.4. The summed E-state index contributed by atoms with van der Waals surface area (Å²) in [5, 5.41) is 36.9. The number of aliphatic hydroxyl groups is 1. The fraction of sp³-hybridized carbons (Fsp3) is 0.220. The summed E-state index contributed by atoms with van der Waals surface area (Å²) in [6.45, 7) is 1.93. The van der Waals surface area contributed by atoms with E-state index in [-0.39, 0.29) is 25.4 Å². The third-order valence-electron chi connectivity index (χ3n) is 7.98. The Morgan fingerprint density at radius 2 is 1.04 bits per heavy atom. The number of aliphatic carboxylic acids is 1. The maximum Gasteiger partial charge on any atom is 0.303 e. The van der Waals surface area contributed by atoms with Crippen LogP contribution in [0.25, 0.3) is 33.9 Å². The summed E-state index contributed by atoms with van der Waals surface area (Å²) in [6.07, 6.45) is 1.01. The van der Waals surface area contributed by atoms with Gasteiger partial charge in [-0.25, -0.2) is 14.4 Å². The molecule has 2 aromatic heterocycles. The molecule has 1 amide bonds. The van der Waals surface area contributed by atoms with Crippen LogP contribution in [0.4, 0.5) is 0 Å². The number of carboxylic acid groups (broad SMARTS) is 1. The van der Waals surface area contributed by atoms with Crippen molar-refractivity contribution in [2.75, 3.05) is 27.9 Å². The molecule has 6 rings (SSSR count). The number of carbonyl (C=O) groups excluding carboxylic acids is 1. The third kappa shape index (κ3) is 12.2. The van der Waals surface area contributed by atoms with Crippen LogP contribution in [0.15, 0.2) is 109 Å². The number of carbonyl (C=O) groups is 2. The van der Waals surface area contributed by atoms with Crippen molar-refractivity contribution in [3.63, 3.8) is 0 Å². The van der Waals surface area contributed by atoms with Gasteiger partial charge in [-0.1, -0.05) is 47.5 Å². The topological polar surface area (TPSA) is 152 Å². The maximum atomic E-state index is 11.7. The number of rotatable bonds is 12. The molecule has 12 nitrogen and oxygen atoms in total. The second-order valence-corrected chi connectivity index (χ2v) is 12.8. The van der Waals surface area contributed by atoms with Crippen molar-refractivity contribution in [1.82, 2.24) is 24.6 Å². The summed E-state index contributed by atoms with van der Waals surface area (Å²) < 4.78 is 14.0. The molecule has 3 N–H and O–H groups in total. The third-order valence-corrected chi connectivity index (χ3v) is 8.49. The van der Waals surface area contributed by atoms with Crippen molar-refractivity contribution in [3.8, 4) is 45.4 Å². The number of nitrogens with zero attached hydrogens (tertiary/aromatic N) is 5. The molecule has 0 atom stereocenters. The van der Waals surface area contributed by atoms with Crippen LogP contribution in [0.2, 0.25) is 10.0 Å². The fourth-order valence-corrected chi connectivity index (χ4v) is 5.48. The minimum Gasteiger partial charge on any atom is -0.497 e. The molecular formula is C41H43Cl2N5O7. The molecule has 0 bridgehead atoms. The molecule has 0 aliphatic heterocycles. The van der Waals surface area contributed by atoms with Crippen molar-refractivity contribution < 1.29 is 34.5 Å². The molecule has 2 heterocycles. The van der Waals surface area contributed by atoms with Gasteiger partial charge in [-0.15, -0.1) is 0 Å². The largest absolute Gasteiger partial charge is 0.497 e. The number of benzene rings is 4. The van der Waals surface area contributed by atoms with E-state index < -0.39 is 5.97 Å². The molecule has 6 aromatic rings. The lowest BCUT2D eigenvalue weighted by Gasteiger charge is -2.09. The number of halogens is 2. The average molecular weight is 789 g/mol. The number of methoxy groups -OCH3 is 2. The summed E-state index contributed by atoms with van der Waals surface area (Å²) in [5.74, 6) is 0.319. The summed E-state index contributed by atoms with van der Waals surface area (Å²) in [7, 11) is 4.55. The smallest absolute Gasteiger partial charge is 0.303 e. The Bertz CT molecular complexity index is 2120. The summed E-state index contributed by atoms with van der Waals surface area (Å²) in [5.41, 5.74) is 6.90. The number of carboxylic acids is 1. The highest BCUT2D eigenvalue weighted by molar-refractivity contribution is 6.30. The molecule has 0 saturated heterocycles. The molecule has 0 aliphatic rings. The van der Waals surface area contributed by atoms with Gasteiger partial charge in [0.2, 0.25) is 5.91 Å². The predicted octanol–water partition coefficient (Wildman–Crippen LogP) is 8.20. The average Bonchev–Trinajstić information content (AvgIpc) is 3.82. The Morgan fingerprint density at radius 3 is 1.36 bits per heavy atom. The number of aliphatic hydroxyl groups excluding tert-OH is 1. The first-order valence-corrected chi connectivity index (χ1v) is 18.0. The number of aromatic nitrogens is 4. The van der Waals surface area contributed by atoms with Crippen LogP contribution in [-0.4, -0.2) is 79.8 Å². The maximum absolute atomic E-state index is 11.7. The van der Waals surface area contributed by atoms with Crippen LogP contribution in [0.1, 0.15) is 31.2 Å². The van der Waals surface area contributed by atoms with Gasteiger partial charge < -0.3 is 19.7 Å². The van der Waals surface area contributed by atoms with Gasteiger partial charge in [-0.05, 0) is 91.9 Å². The number of hydrogen-bond acceptors (Lipinski definition) is 8. The molecule has 0 aliphatic carbocycles. The summed E-state index contributed by atoms with van der Waals surface area (Å²) in [6, 6.07) is 33.9. The molecule has 4 aromatic carbocycles. The number of hydrogen-bond donors (Lipinski definition) is 3. The first-order chi connectivity index (χ1) is 26.5. The number of hydroxylamine groups is 2. The molecule has 0 unspecified atom stereocenters. The molecule has 55 heavy (non-hydrogen) atoms. The predicted molar refractivity (Wildman–Crippen MR) is 213 cm³/mol. The number of amides is 1. The van der Waals surface area contributed by atoms with E-state index in [1.54, 1.807) is 25.8 Å². The van der Waals surface area contributed by atoms with Crippen LogP contribution >= 0.6 is 23.2 Å². The lowest BCUT2D eigenvalue weighted by Crippen LogP contribution is -2.22. The Balaban J connectivity index is 0.000000229. The van der Waals surface area contributed by atoms with E-state index in [0.717, 1.165) is 56.8 Å². The zero-order valence-electron chi connectivity index (χ0n) is 30.9. The first kappa shape index (κ1) is 42.1. The number of ether oxygens (including phenoxy) is 2. The molecule has 0 spiro atoms. The van der Waals surface area contributed by atoms with E-state index in [1.165, 1.54) is 7.05 Å². The van der Waals surface area contributed by atoms with Gasteiger partial charge in [-0.3, -0.25) is 14.8 Å². The lowest BCUT2D eigenvalue weighted by molar-refractivity contribution is -0.159. The van der Waals surface area contributed by atoms with Crippen molar-refractivity contribution in [3.05, 3.63) is 131 Å². The van der Waals surface area contributed by atoms with Gasteiger partial charge in [0.15, 0.2) is 0 Å². The molecule has 0 radical (unpaired) electrons. The Labute approximate surface area is 329 Å². The summed E-state index contributed by atoms with van der Waals surface area (Å²) in [4.78, 5) is 22.5. The molecule has 0 fully saturated rings. The van der Waals surface area contributed by atoms with Crippen molar-refractivity contribution in [2.45, 2.75) is 32.6 Å². The Hall–Kier alpha value is -5.66. The van der Waals surface area contributed by atoms with E-state index in [4.69, 9.17) is 42.9 Å². The van der Waals surface area contributed by atoms with Gasteiger partial charge >= 0.3 is 5.97 Å². The van der Waals surface area contributed by atoms with Crippen LogP contribution < -0.4 is 9.47 Å². The van der Waals surface area contributed by atoms with E-state index >= 15 is 0 Å². The minimum atomic E-state index is -0.841. The van der Waals surface area contributed by atoms with Crippen LogP contribution in [-0.2, 0) is 22.4 Å². The molecule has 14 heteroatoms. The Kier molecular flexibility index (Phi) is 15.8. The van der Waals surface area contributed by atoms with E-state index in [1.807, 2.05) is 114 Å².